The summed E-state index contributed by atoms with van der Waals surface area (Å²) in [5, 5.41) is 3.22. The molecule has 0 radical (unpaired) electrons. The SMILES string of the molecule is CCCCCN(CC(=O)Nc1cc(C)c(Cl)cc1OC)S(C)(=O)=O. The molecular formula is C16H25ClN2O4S. The molecule has 0 saturated heterocycles. The van der Waals surface area contributed by atoms with Gasteiger partial charge in [0.1, 0.15) is 5.75 Å². The fourth-order valence-corrected chi connectivity index (χ4v) is 3.15. The molecular weight excluding hydrogens is 352 g/mol. The summed E-state index contributed by atoms with van der Waals surface area (Å²) in [7, 11) is -1.97. The fraction of sp³-hybridized carbons (Fsp3) is 0.562. The maximum atomic E-state index is 12.3. The van der Waals surface area contributed by atoms with E-state index in [1.165, 1.54) is 11.4 Å². The molecule has 8 heteroatoms. The van der Waals surface area contributed by atoms with Crippen LogP contribution in [-0.4, -0.2) is 45.1 Å². The molecule has 6 nitrogen and oxygen atoms in total. The van der Waals surface area contributed by atoms with E-state index in [2.05, 4.69) is 5.32 Å². The first-order valence-corrected chi connectivity index (χ1v) is 10.0. The molecule has 0 aliphatic rings. The van der Waals surface area contributed by atoms with E-state index in [4.69, 9.17) is 16.3 Å². The first kappa shape index (κ1) is 20.7. The summed E-state index contributed by atoms with van der Waals surface area (Å²) >= 11 is 6.04. The number of nitrogens with zero attached hydrogens (tertiary/aromatic N) is 1. The van der Waals surface area contributed by atoms with Crippen LogP contribution >= 0.6 is 11.6 Å². The lowest BCUT2D eigenvalue weighted by Crippen LogP contribution is -2.38. The van der Waals surface area contributed by atoms with Gasteiger partial charge in [0.2, 0.25) is 15.9 Å². The molecule has 0 fully saturated rings. The van der Waals surface area contributed by atoms with E-state index in [1.54, 1.807) is 12.1 Å². The number of amides is 1. The topological polar surface area (TPSA) is 75.7 Å². The Morgan fingerprint density at radius 1 is 1.33 bits per heavy atom. The van der Waals surface area contributed by atoms with Gasteiger partial charge in [0, 0.05) is 17.6 Å². The third-order valence-electron chi connectivity index (χ3n) is 3.55. The highest BCUT2D eigenvalue weighted by Gasteiger charge is 2.20. The van der Waals surface area contributed by atoms with Gasteiger partial charge in [-0.2, -0.15) is 4.31 Å². The number of carbonyl (C=O) groups is 1. The number of ether oxygens (including phenoxy) is 1. The molecule has 1 N–H and O–H groups in total. The number of anilines is 1. The molecule has 1 aromatic carbocycles. The van der Waals surface area contributed by atoms with Crippen molar-refractivity contribution < 1.29 is 17.9 Å². The van der Waals surface area contributed by atoms with Gasteiger partial charge in [-0.3, -0.25) is 4.79 Å². The highest BCUT2D eigenvalue weighted by atomic mass is 35.5. The third-order valence-corrected chi connectivity index (χ3v) is 5.21. The van der Waals surface area contributed by atoms with Crippen molar-refractivity contribution in [3.8, 4) is 5.75 Å². The second-order valence-electron chi connectivity index (χ2n) is 5.65. The molecule has 1 amide bonds. The van der Waals surface area contributed by atoms with Crippen LogP contribution in [0, 0.1) is 6.92 Å². The number of sulfonamides is 1. The molecule has 136 valence electrons. The molecule has 0 atom stereocenters. The Morgan fingerprint density at radius 2 is 2.00 bits per heavy atom. The summed E-state index contributed by atoms with van der Waals surface area (Å²) in [5.41, 5.74) is 1.25. The molecule has 0 bridgehead atoms. The van der Waals surface area contributed by atoms with Gasteiger partial charge in [-0.15, -0.1) is 0 Å². The van der Waals surface area contributed by atoms with Gasteiger partial charge in [0.05, 0.1) is 25.6 Å². The molecule has 0 spiro atoms. The van der Waals surface area contributed by atoms with Gasteiger partial charge in [0.25, 0.3) is 0 Å². The molecule has 1 aromatic rings. The highest BCUT2D eigenvalue weighted by Crippen LogP contribution is 2.30. The largest absolute Gasteiger partial charge is 0.495 e. The monoisotopic (exact) mass is 376 g/mol. The molecule has 24 heavy (non-hydrogen) atoms. The smallest absolute Gasteiger partial charge is 0.239 e. The normalized spacial score (nSPS) is 11.6. The lowest BCUT2D eigenvalue weighted by Gasteiger charge is -2.20. The molecule has 0 aliphatic heterocycles. The average Bonchev–Trinajstić information content (AvgIpc) is 2.48. The summed E-state index contributed by atoms with van der Waals surface area (Å²) < 4.78 is 30.1. The number of unbranched alkanes of at least 4 members (excludes halogenated alkanes) is 2. The number of aryl methyl sites for hydroxylation is 1. The predicted molar refractivity (Wildman–Crippen MR) is 97.3 cm³/mol. The van der Waals surface area contributed by atoms with Crippen molar-refractivity contribution in [2.24, 2.45) is 0 Å². The number of hydrogen-bond donors (Lipinski definition) is 1. The zero-order valence-corrected chi connectivity index (χ0v) is 16.1. The van der Waals surface area contributed by atoms with Gasteiger partial charge in [-0.05, 0) is 25.0 Å². The Kier molecular flexibility index (Phi) is 7.99. The van der Waals surface area contributed by atoms with Crippen molar-refractivity contribution >= 4 is 33.2 Å². The van der Waals surface area contributed by atoms with E-state index >= 15 is 0 Å². The van der Waals surface area contributed by atoms with Crippen molar-refractivity contribution in [1.29, 1.82) is 0 Å². The number of benzene rings is 1. The van der Waals surface area contributed by atoms with Gasteiger partial charge in [-0.25, -0.2) is 8.42 Å². The van der Waals surface area contributed by atoms with Crippen LogP contribution in [0.3, 0.4) is 0 Å². The minimum atomic E-state index is -3.44. The van der Waals surface area contributed by atoms with E-state index in [0.717, 1.165) is 31.1 Å². The molecule has 0 aromatic heterocycles. The predicted octanol–water partition coefficient (Wildman–Crippen LogP) is 3.05. The van der Waals surface area contributed by atoms with Crippen molar-refractivity contribution in [1.82, 2.24) is 4.31 Å². The summed E-state index contributed by atoms with van der Waals surface area (Å²) in [6.07, 6.45) is 3.72. The molecule has 0 saturated carbocycles. The van der Waals surface area contributed by atoms with Crippen LogP contribution in [0.25, 0.3) is 0 Å². The van der Waals surface area contributed by atoms with Crippen LogP contribution in [0.2, 0.25) is 5.02 Å². The van der Waals surface area contributed by atoms with Crippen LogP contribution in [0.15, 0.2) is 12.1 Å². The second kappa shape index (κ2) is 9.25. The van der Waals surface area contributed by atoms with Crippen LogP contribution in [0.1, 0.15) is 31.7 Å². The van der Waals surface area contributed by atoms with E-state index in [-0.39, 0.29) is 6.54 Å². The lowest BCUT2D eigenvalue weighted by molar-refractivity contribution is -0.116. The minimum Gasteiger partial charge on any atom is -0.495 e. The van der Waals surface area contributed by atoms with Crippen molar-refractivity contribution in [2.75, 3.05) is 31.8 Å². The highest BCUT2D eigenvalue weighted by molar-refractivity contribution is 7.88. The van der Waals surface area contributed by atoms with Crippen LogP contribution in [0.4, 0.5) is 5.69 Å². The van der Waals surface area contributed by atoms with E-state index in [0.29, 0.717) is 23.0 Å². The molecule has 0 heterocycles. The maximum Gasteiger partial charge on any atom is 0.239 e. The van der Waals surface area contributed by atoms with Crippen LogP contribution < -0.4 is 10.1 Å². The second-order valence-corrected chi connectivity index (χ2v) is 8.04. The Morgan fingerprint density at radius 3 is 2.54 bits per heavy atom. The first-order valence-electron chi connectivity index (χ1n) is 7.78. The number of halogens is 1. The van der Waals surface area contributed by atoms with Crippen LogP contribution in [-0.2, 0) is 14.8 Å². The van der Waals surface area contributed by atoms with E-state index < -0.39 is 15.9 Å². The minimum absolute atomic E-state index is 0.229. The van der Waals surface area contributed by atoms with Crippen molar-refractivity contribution in [2.45, 2.75) is 33.1 Å². The lowest BCUT2D eigenvalue weighted by atomic mass is 10.2. The van der Waals surface area contributed by atoms with Crippen molar-refractivity contribution in [3.63, 3.8) is 0 Å². The Hall–Kier alpha value is -1.31. The van der Waals surface area contributed by atoms with Gasteiger partial charge >= 0.3 is 0 Å². The number of hydrogen-bond acceptors (Lipinski definition) is 4. The van der Waals surface area contributed by atoms with Crippen LogP contribution in [0.5, 0.6) is 5.75 Å². The molecule has 0 unspecified atom stereocenters. The Bertz CT molecular complexity index is 677. The maximum absolute atomic E-state index is 12.3. The Labute approximate surface area is 149 Å². The van der Waals surface area contributed by atoms with Gasteiger partial charge in [-0.1, -0.05) is 31.4 Å². The van der Waals surface area contributed by atoms with E-state index in [9.17, 15) is 13.2 Å². The average molecular weight is 377 g/mol. The van der Waals surface area contributed by atoms with Crippen molar-refractivity contribution in [3.05, 3.63) is 22.7 Å². The first-order chi connectivity index (χ1) is 11.2. The standard InChI is InChI=1S/C16H25ClN2O4S/c1-5-6-7-8-19(24(4,21)22)11-16(20)18-14-9-12(2)13(17)10-15(14)23-3/h9-10H,5-8,11H2,1-4H3,(H,18,20). The van der Waals surface area contributed by atoms with Gasteiger partial charge < -0.3 is 10.1 Å². The summed E-state index contributed by atoms with van der Waals surface area (Å²) in [4.78, 5) is 12.3. The van der Waals surface area contributed by atoms with Gasteiger partial charge in [0.15, 0.2) is 0 Å². The zero-order valence-electron chi connectivity index (χ0n) is 14.6. The van der Waals surface area contributed by atoms with E-state index in [1.807, 2.05) is 13.8 Å². The Balaban J connectivity index is 2.84. The number of carbonyl (C=O) groups excluding carboxylic acids is 1. The zero-order chi connectivity index (χ0) is 18.3. The summed E-state index contributed by atoms with van der Waals surface area (Å²) in [6, 6.07) is 3.31. The number of methoxy groups -OCH3 is 1. The number of nitrogens with one attached hydrogen (secondary N) is 1. The summed E-state index contributed by atoms with van der Waals surface area (Å²) in [6.45, 7) is 3.95. The summed E-state index contributed by atoms with van der Waals surface area (Å²) in [5.74, 6) is 0.00721. The fourth-order valence-electron chi connectivity index (χ4n) is 2.18. The third kappa shape index (κ3) is 6.30. The molecule has 1 rings (SSSR count). The quantitative estimate of drug-likeness (QED) is 0.672. The number of rotatable bonds is 9. The molecule has 0 aliphatic carbocycles.